The molecule has 0 saturated heterocycles. The van der Waals surface area contributed by atoms with Gasteiger partial charge in [0.15, 0.2) is 6.10 Å². The zero-order chi connectivity index (χ0) is 11.6. The van der Waals surface area contributed by atoms with E-state index in [1.54, 1.807) is 19.1 Å². The van der Waals surface area contributed by atoms with Gasteiger partial charge in [0, 0.05) is 4.47 Å². The van der Waals surface area contributed by atoms with Gasteiger partial charge in [0.1, 0.15) is 5.75 Å². The minimum atomic E-state index is -1.53. The van der Waals surface area contributed by atoms with Crippen LogP contribution in [0.4, 0.5) is 0 Å². The van der Waals surface area contributed by atoms with Gasteiger partial charge < -0.3 is 14.9 Å². The highest BCUT2D eigenvalue weighted by Gasteiger charge is 2.20. The molecule has 0 bridgehead atoms. The third-order valence-electron chi connectivity index (χ3n) is 2.11. The standard InChI is InChI=1S/C10H11BrO4/c1-5-7(9(12)10(13)14)3-6(11)4-8(5)15-2/h3-4,9,12H,1-2H3,(H,13,14). The molecule has 0 spiro atoms. The van der Waals surface area contributed by atoms with E-state index < -0.39 is 12.1 Å². The van der Waals surface area contributed by atoms with E-state index in [9.17, 15) is 9.90 Å². The number of halogens is 1. The fourth-order valence-corrected chi connectivity index (χ4v) is 1.76. The van der Waals surface area contributed by atoms with Crippen LogP contribution in [-0.2, 0) is 4.79 Å². The first kappa shape index (κ1) is 12.0. The number of ether oxygens (including phenoxy) is 1. The van der Waals surface area contributed by atoms with E-state index in [1.807, 2.05) is 0 Å². The van der Waals surface area contributed by atoms with Gasteiger partial charge in [-0.05, 0) is 30.2 Å². The predicted molar refractivity (Wildman–Crippen MR) is 58.0 cm³/mol. The summed E-state index contributed by atoms with van der Waals surface area (Å²) in [7, 11) is 1.49. The molecule has 1 rings (SSSR count). The van der Waals surface area contributed by atoms with Crippen molar-refractivity contribution in [3.05, 3.63) is 27.7 Å². The van der Waals surface area contributed by atoms with Crippen molar-refractivity contribution in [3.8, 4) is 5.75 Å². The quantitative estimate of drug-likeness (QED) is 0.883. The number of benzene rings is 1. The van der Waals surface area contributed by atoms with Crippen LogP contribution in [0.15, 0.2) is 16.6 Å². The van der Waals surface area contributed by atoms with Gasteiger partial charge in [0.2, 0.25) is 0 Å². The molecule has 0 amide bonds. The largest absolute Gasteiger partial charge is 0.496 e. The molecule has 5 heteroatoms. The Morgan fingerprint density at radius 1 is 1.53 bits per heavy atom. The number of aliphatic hydroxyl groups is 1. The number of rotatable bonds is 3. The summed E-state index contributed by atoms with van der Waals surface area (Å²) in [5.74, 6) is -0.738. The monoisotopic (exact) mass is 274 g/mol. The van der Waals surface area contributed by atoms with Gasteiger partial charge in [0.25, 0.3) is 0 Å². The summed E-state index contributed by atoms with van der Waals surface area (Å²) in [5, 5.41) is 18.2. The van der Waals surface area contributed by atoms with Crippen LogP contribution in [0.3, 0.4) is 0 Å². The number of hydrogen-bond acceptors (Lipinski definition) is 3. The van der Waals surface area contributed by atoms with Crippen molar-refractivity contribution in [2.24, 2.45) is 0 Å². The van der Waals surface area contributed by atoms with Crippen molar-refractivity contribution in [2.75, 3.05) is 7.11 Å². The number of aliphatic carboxylic acids is 1. The van der Waals surface area contributed by atoms with Gasteiger partial charge >= 0.3 is 5.97 Å². The second-order valence-corrected chi connectivity index (χ2v) is 3.98. The van der Waals surface area contributed by atoms with Gasteiger partial charge in [0.05, 0.1) is 7.11 Å². The van der Waals surface area contributed by atoms with E-state index in [1.165, 1.54) is 7.11 Å². The highest BCUT2D eigenvalue weighted by Crippen LogP contribution is 2.30. The maximum absolute atomic E-state index is 10.7. The van der Waals surface area contributed by atoms with Crippen LogP contribution in [0.1, 0.15) is 17.2 Å². The van der Waals surface area contributed by atoms with Crippen molar-refractivity contribution in [2.45, 2.75) is 13.0 Å². The van der Waals surface area contributed by atoms with E-state index in [2.05, 4.69) is 15.9 Å². The Morgan fingerprint density at radius 2 is 2.13 bits per heavy atom. The van der Waals surface area contributed by atoms with Crippen molar-refractivity contribution >= 4 is 21.9 Å². The van der Waals surface area contributed by atoms with Gasteiger partial charge in [-0.15, -0.1) is 0 Å². The topological polar surface area (TPSA) is 66.8 Å². The summed E-state index contributed by atoms with van der Waals surface area (Å²) in [5.41, 5.74) is 0.948. The van der Waals surface area contributed by atoms with Crippen LogP contribution in [0.25, 0.3) is 0 Å². The maximum Gasteiger partial charge on any atom is 0.337 e. The molecule has 4 nitrogen and oxygen atoms in total. The van der Waals surface area contributed by atoms with Gasteiger partial charge in [-0.1, -0.05) is 15.9 Å². The minimum Gasteiger partial charge on any atom is -0.496 e. The first-order valence-corrected chi connectivity index (χ1v) is 5.01. The summed E-state index contributed by atoms with van der Waals surface area (Å²) in [6.07, 6.45) is -1.53. The molecule has 2 N–H and O–H groups in total. The summed E-state index contributed by atoms with van der Waals surface area (Å²) >= 11 is 3.22. The molecule has 0 aromatic heterocycles. The molecule has 0 radical (unpaired) electrons. The first-order chi connectivity index (χ1) is 6.97. The van der Waals surface area contributed by atoms with Crippen LogP contribution >= 0.6 is 15.9 Å². The van der Waals surface area contributed by atoms with Gasteiger partial charge in [-0.3, -0.25) is 0 Å². The molecule has 1 atom stereocenters. The Labute approximate surface area is 95.6 Å². The van der Waals surface area contributed by atoms with E-state index >= 15 is 0 Å². The Hall–Kier alpha value is -1.07. The van der Waals surface area contributed by atoms with E-state index in [0.29, 0.717) is 21.3 Å². The van der Waals surface area contributed by atoms with Crippen LogP contribution in [0, 0.1) is 6.92 Å². The second-order valence-electron chi connectivity index (χ2n) is 3.06. The fraction of sp³-hybridized carbons (Fsp3) is 0.300. The lowest BCUT2D eigenvalue weighted by Crippen LogP contribution is -2.12. The highest BCUT2D eigenvalue weighted by atomic mass is 79.9. The van der Waals surface area contributed by atoms with Crippen molar-refractivity contribution in [1.29, 1.82) is 0 Å². The lowest BCUT2D eigenvalue weighted by atomic mass is 10.0. The molecule has 0 aliphatic heterocycles. The molecule has 0 aliphatic rings. The summed E-state index contributed by atoms with van der Waals surface area (Å²) in [6, 6.07) is 3.28. The first-order valence-electron chi connectivity index (χ1n) is 4.22. The van der Waals surface area contributed by atoms with Crippen LogP contribution in [0.2, 0.25) is 0 Å². The Morgan fingerprint density at radius 3 is 2.60 bits per heavy atom. The van der Waals surface area contributed by atoms with Crippen LogP contribution < -0.4 is 4.74 Å². The summed E-state index contributed by atoms with van der Waals surface area (Å²) in [6.45, 7) is 1.70. The van der Waals surface area contributed by atoms with Crippen molar-refractivity contribution in [3.63, 3.8) is 0 Å². The number of carboxylic acids is 1. The van der Waals surface area contributed by atoms with E-state index in [-0.39, 0.29) is 0 Å². The molecule has 0 saturated carbocycles. The predicted octanol–water partition coefficient (Wildman–Crippen LogP) is 1.88. The molecular weight excluding hydrogens is 264 g/mol. The molecule has 15 heavy (non-hydrogen) atoms. The Balaban J connectivity index is 3.28. The molecule has 1 unspecified atom stereocenters. The Bertz CT molecular complexity index is 389. The van der Waals surface area contributed by atoms with E-state index in [4.69, 9.17) is 9.84 Å². The smallest absolute Gasteiger partial charge is 0.337 e. The molecule has 82 valence electrons. The van der Waals surface area contributed by atoms with Crippen LogP contribution in [-0.4, -0.2) is 23.3 Å². The Kier molecular flexibility index (Phi) is 3.71. The highest BCUT2D eigenvalue weighted by molar-refractivity contribution is 9.10. The number of methoxy groups -OCH3 is 1. The maximum atomic E-state index is 10.7. The molecular formula is C10H11BrO4. The number of aliphatic hydroxyl groups excluding tert-OH is 1. The van der Waals surface area contributed by atoms with E-state index in [0.717, 1.165) is 0 Å². The lowest BCUT2D eigenvalue weighted by molar-refractivity contribution is -0.147. The lowest BCUT2D eigenvalue weighted by Gasteiger charge is -2.13. The third kappa shape index (κ3) is 2.49. The average Bonchev–Trinajstić information content (AvgIpc) is 2.19. The van der Waals surface area contributed by atoms with Gasteiger partial charge in [-0.2, -0.15) is 0 Å². The number of carbonyl (C=O) groups is 1. The van der Waals surface area contributed by atoms with Crippen LogP contribution in [0.5, 0.6) is 5.75 Å². The molecule has 1 aromatic rings. The number of hydrogen-bond donors (Lipinski definition) is 2. The average molecular weight is 275 g/mol. The van der Waals surface area contributed by atoms with Gasteiger partial charge in [-0.25, -0.2) is 4.79 Å². The third-order valence-corrected chi connectivity index (χ3v) is 2.57. The minimum absolute atomic E-state index is 0.328. The molecule has 1 aromatic carbocycles. The zero-order valence-corrected chi connectivity index (χ0v) is 9.91. The molecule has 0 heterocycles. The molecule has 0 aliphatic carbocycles. The summed E-state index contributed by atoms with van der Waals surface area (Å²) < 4.78 is 5.73. The fourth-order valence-electron chi connectivity index (χ4n) is 1.30. The second kappa shape index (κ2) is 4.63. The van der Waals surface area contributed by atoms with Crippen molar-refractivity contribution in [1.82, 2.24) is 0 Å². The summed E-state index contributed by atoms with van der Waals surface area (Å²) in [4.78, 5) is 10.7. The number of carboxylic acid groups (broad SMARTS) is 1. The SMILES string of the molecule is COc1cc(Br)cc(C(O)C(=O)O)c1C. The normalized spacial score (nSPS) is 12.3. The molecule has 0 fully saturated rings. The zero-order valence-electron chi connectivity index (χ0n) is 8.32. The van der Waals surface area contributed by atoms with Crippen molar-refractivity contribution < 1.29 is 19.7 Å².